The van der Waals surface area contributed by atoms with Gasteiger partial charge < -0.3 is 10.1 Å². The van der Waals surface area contributed by atoms with Gasteiger partial charge in [0.2, 0.25) is 0 Å². The van der Waals surface area contributed by atoms with Crippen LogP contribution in [0.5, 0.6) is 5.75 Å². The molecule has 0 aliphatic rings. The van der Waals surface area contributed by atoms with Crippen molar-refractivity contribution >= 4 is 33.2 Å². The molecule has 0 saturated heterocycles. The summed E-state index contributed by atoms with van der Waals surface area (Å²) < 4.78 is 6.69. The lowest BCUT2D eigenvalue weighted by Gasteiger charge is -2.19. The molecule has 0 spiro atoms. The maximum Gasteiger partial charge on any atom is 0.142 e. The van der Waals surface area contributed by atoms with E-state index in [2.05, 4.69) is 40.3 Å². The van der Waals surface area contributed by atoms with Gasteiger partial charge in [-0.05, 0) is 49.7 Å². The highest BCUT2D eigenvalue weighted by Gasteiger charge is 2.10. The number of rotatable bonds is 5. The summed E-state index contributed by atoms with van der Waals surface area (Å²) in [4.78, 5) is 0. The molecule has 0 aliphatic carbocycles. The van der Waals surface area contributed by atoms with Gasteiger partial charge in [0.15, 0.2) is 0 Å². The standard InChI is InChI=1S/C16H17BrClNO/c1-3-20-16-8-7-14(18)10-15(16)19-11(2)12-5-4-6-13(17)9-12/h4-11,19H,3H2,1-2H3. The van der Waals surface area contributed by atoms with E-state index in [-0.39, 0.29) is 6.04 Å². The molecule has 1 unspecified atom stereocenters. The van der Waals surface area contributed by atoms with Crippen LogP contribution >= 0.6 is 27.5 Å². The summed E-state index contributed by atoms with van der Waals surface area (Å²) in [6.07, 6.45) is 0. The van der Waals surface area contributed by atoms with Gasteiger partial charge in [0.1, 0.15) is 5.75 Å². The van der Waals surface area contributed by atoms with Crippen molar-refractivity contribution in [2.24, 2.45) is 0 Å². The smallest absolute Gasteiger partial charge is 0.142 e. The van der Waals surface area contributed by atoms with Gasteiger partial charge in [0.05, 0.1) is 12.3 Å². The van der Waals surface area contributed by atoms with Crippen molar-refractivity contribution in [2.45, 2.75) is 19.9 Å². The number of halogens is 2. The van der Waals surface area contributed by atoms with E-state index in [4.69, 9.17) is 16.3 Å². The van der Waals surface area contributed by atoms with E-state index in [1.807, 2.05) is 37.3 Å². The van der Waals surface area contributed by atoms with Gasteiger partial charge in [-0.3, -0.25) is 0 Å². The summed E-state index contributed by atoms with van der Waals surface area (Å²) in [5.41, 5.74) is 2.11. The molecule has 4 heteroatoms. The molecule has 20 heavy (non-hydrogen) atoms. The van der Waals surface area contributed by atoms with Gasteiger partial charge in [-0.1, -0.05) is 39.7 Å². The molecule has 2 nitrogen and oxygen atoms in total. The lowest BCUT2D eigenvalue weighted by molar-refractivity contribution is 0.341. The van der Waals surface area contributed by atoms with Crippen molar-refractivity contribution in [1.82, 2.24) is 0 Å². The van der Waals surface area contributed by atoms with Crippen LogP contribution in [0.15, 0.2) is 46.9 Å². The fraction of sp³-hybridized carbons (Fsp3) is 0.250. The van der Waals surface area contributed by atoms with Crippen LogP contribution in [0.3, 0.4) is 0 Å². The molecule has 2 aromatic rings. The van der Waals surface area contributed by atoms with Gasteiger partial charge in [0.25, 0.3) is 0 Å². The number of ether oxygens (including phenoxy) is 1. The minimum atomic E-state index is 0.158. The zero-order valence-corrected chi connectivity index (χ0v) is 13.8. The van der Waals surface area contributed by atoms with Crippen LogP contribution in [0.2, 0.25) is 5.02 Å². The van der Waals surface area contributed by atoms with Crippen LogP contribution in [0.25, 0.3) is 0 Å². The zero-order chi connectivity index (χ0) is 14.5. The number of hydrogen-bond donors (Lipinski definition) is 1. The quantitative estimate of drug-likeness (QED) is 0.746. The Hall–Kier alpha value is -1.19. The van der Waals surface area contributed by atoms with E-state index >= 15 is 0 Å². The van der Waals surface area contributed by atoms with Gasteiger partial charge in [-0.25, -0.2) is 0 Å². The molecule has 0 bridgehead atoms. The molecule has 0 aliphatic heterocycles. The maximum absolute atomic E-state index is 6.07. The molecule has 1 atom stereocenters. The van der Waals surface area contributed by atoms with E-state index in [9.17, 15) is 0 Å². The molecule has 0 fully saturated rings. The molecule has 106 valence electrons. The van der Waals surface area contributed by atoms with Gasteiger partial charge in [0, 0.05) is 15.5 Å². The number of anilines is 1. The second-order valence-electron chi connectivity index (χ2n) is 4.49. The first-order chi connectivity index (χ1) is 9.60. The second-order valence-corrected chi connectivity index (χ2v) is 5.85. The minimum absolute atomic E-state index is 0.158. The van der Waals surface area contributed by atoms with Gasteiger partial charge in [-0.15, -0.1) is 0 Å². The zero-order valence-electron chi connectivity index (χ0n) is 11.5. The lowest BCUT2D eigenvalue weighted by atomic mass is 10.1. The molecule has 0 aromatic heterocycles. The largest absolute Gasteiger partial charge is 0.492 e. The summed E-state index contributed by atoms with van der Waals surface area (Å²) in [6.45, 7) is 4.70. The fourth-order valence-electron chi connectivity index (χ4n) is 1.99. The van der Waals surface area contributed by atoms with Gasteiger partial charge in [-0.2, -0.15) is 0 Å². The first-order valence-corrected chi connectivity index (χ1v) is 7.71. The molecular formula is C16H17BrClNO. The van der Waals surface area contributed by atoms with E-state index in [1.165, 1.54) is 5.56 Å². The highest BCUT2D eigenvalue weighted by molar-refractivity contribution is 9.10. The summed E-state index contributed by atoms with van der Waals surface area (Å²) in [6, 6.07) is 14.0. The number of hydrogen-bond acceptors (Lipinski definition) is 2. The molecule has 0 saturated carbocycles. The van der Waals surface area contributed by atoms with Crippen molar-refractivity contribution in [3.63, 3.8) is 0 Å². The normalized spacial score (nSPS) is 12.0. The SMILES string of the molecule is CCOc1ccc(Cl)cc1NC(C)c1cccc(Br)c1. The van der Waals surface area contributed by atoms with Gasteiger partial charge >= 0.3 is 0 Å². The Balaban J connectivity index is 2.22. The first-order valence-electron chi connectivity index (χ1n) is 6.54. The highest BCUT2D eigenvalue weighted by atomic mass is 79.9. The monoisotopic (exact) mass is 353 g/mol. The minimum Gasteiger partial charge on any atom is -0.492 e. The first kappa shape index (κ1) is 15.2. The Labute approximate surface area is 133 Å². The molecule has 0 heterocycles. The van der Waals surface area contributed by atoms with Crippen LogP contribution in [0, 0.1) is 0 Å². The molecule has 0 radical (unpaired) electrons. The van der Waals surface area contributed by atoms with E-state index in [0.717, 1.165) is 15.9 Å². The average molecular weight is 355 g/mol. The lowest BCUT2D eigenvalue weighted by Crippen LogP contribution is -2.08. The van der Waals surface area contributed by atoms with Crippen LogP contribution < -0.4 is 10.1 Å². The van der Waals surface area contributed by atoms with Crippen LogP contribution in [-0.4, -0.2) is 6.61 Å². The fourth-order valence-corrected chi connectivity index (χ4v) is 2.58. The summed E-state index contributed by atoms with van der Waals surface area (Å²) in [7, 11) is 0. The van der Waals surface area contributed by atoms with Crippen LogP contribution in [-0.2, 0) is 0 Å². The number of benzene rings is 2. The van der Waals surface area contributed by atoms with Crippen molar-refractivity contribution in [3.05, 3.63) is 57.5 Å². The van der Waals surface area contributed by atoms with Crippen LogP contribution in [0.4, 0.5) is 5.69 Å². The third kappa shape index (κ3) is 3.90. The predicted octanol–water partition coefficient (Wildman–Crippen LogP) is 5.67. The van der Waals surface area contributed by atoms with Crippen molar-refractivity contribution in [3.8, 4) is 5.75 Å². The predicted molar refractivity (Wildman–Crippen MR) is 88.8 cm³/mol. The van der Waals surface area contributed by atoms with Crippen molar-refractivity contribution < 1.29 is 4.74 Å². The summed E-state index contributed by atoms with van der Waals surface area (Å²) in [5.74, 6) is 0.818. The Morgan fingerprint density at radius 1 is 1.25 bits per heavy atom. The third-order valence-electron chi connectivity index (χ3n) is 2.96. The Morgan fingerprint density at radius 2 is 2.05 bits per heavy atom. The van der Waals surface area contributed by atoms with Crippen molar-refractivity contribution in [1.29, 1.82) is 0 Å². The number of nitrogens with one attached hydrogen (secondary N) is 1. The Kier molecular flexibility index (Phi) is 5.32. The summed E-state index contributed by atoms with van der Waals surface area (Å²) in [5, 5.41) is 4.14. The second kappa shape index (κ2) is 7.00. The third-order valence-corrected chi connectivity index (χ3v) is 3.69. The van der Waals surface area contributed by atoms with Crippen LogP contribution in [0.1, 0.15) is 25.5 Å². The Morgan fingerprint density at radius 3 is 2.75 bits per heavy atom. The Bertz CT molecular complexity index is 588. The van der Waals surface area contributed by atoms with E-state index in [0.29, 0.717) is 11.6 Å². The summed E-state index contributed by atoms with van der Waals surface area (Å²) >= 11 is 9.56. The topological polar surface area (TPSA) is 21.3 Å². The van der Waals surface area contributed by atoms with E-state index in [1.54, 1.807) is 0 Å². The highest BCUT2D eigenvalue weighted by Crippen LogP contribution is 2.31. The maximum atomic E-state index is 6.07. The molecular weight excluding hydrogens is 338 g/mol. The van der Waals surface area contributed by atoms with Crippen molar-refractivity contribution in [2.75, 3.05) is 11.9 Å². The molecule has 2 rings (SSSR count). The molecule has 2 aromatic carbocycles. The molecule has 0 amide bonds. The molecule has 1 N–H and O–H groups in total. The average Bonchev–Trinajstić information content (AvgIpc) is 2.42. The van der Waals surface area contributed by atoms with E-state index < -0.39 is 0 Å².